The van der Waals surface area contributed by atoms with Crippen LogP contribution in [0.4, 0.5) is 10.1 Å². The molecule has 2 nitrogen and oxygen atoms in total. The minimum atomic E-state index is -0.571. The van der Waals surface area contributed by atoms with E-state index >= 15 is 0 Å². The van der Waals surface area contributed by atoms with E-state index < -0.39 is 5.60 Å². The van der Waals surface area contributed by atoms with Gasteiger partial charge in [-0.2, -0.15) is 0 Å². The van der Waals surface area contributed by atoms with Gasteiger partial charge in [0.05, 0.1) is 5.60 Å². The van der Waals surface area contributed by atoms with Crippen LogP contribution in [0.1, 0.15) is 24.8 Å². The van der Waals surface area contributed by atoms with Crippen molar-refractivity contribution in [1.29, 1.82) is 0 Å². The molecular formula is C12H16FNO. The highest BCUT2D eigenvalue weighted by Gasteiger charge is 2.33. The lowest BCUT2D eigenvalue weighted by atomic mass is 9.80. The normalized spacial score (nSPS) is 18.3. The monoisotopic (exact) mass is 209 g/mol. The molecule has 0 spiro atoms. The van der Waals surface area contributed by atoms with E-state index in [4.69, 9.17) is 0 Å². The largest absolute Gasteiger partial charge is 0.388 e. The van der Waals surface area contributed by atoms with Crippen molar-refractivity contribution in [3.8, 4) is 0 Å². The Bertz CT molecular complexity index is 361. The smallest absolute Gasteiger partial charge is 0.125 e. The molecule has 1 aromatic carbocycles. The molecule has 3 heteroatoms. The van der Waals surface area contributed by atoms with Crippen molar-refractivity contribution in [3.63, 3.8) is 0 Å². The van der Waals surface area contributed by atoms with Crippen molar-refractivity contribution in [2.24, 2.45) is 0 Å². The number of benzene rings is 1. The molecule has 1 aromatic rings. The number of anilines is 1. The molecule has 0 radical (unpaired) electrons. The van der Waals surface area contributed by atoms with E-state index in [9.17, 15) is 9.50 Å². The van der Waals surface area contributed by atoms with Gasteiger partial charge >= 0.3 is 0 Å². The molecule has 1 aliphatic carbocycles. The zero-order chi connectivity index (χ0) is 10.9. The summed E-state index contributed by atoms with van der Waals surface area (Å²) in [7, 11) is 0. The SMILES string of the molecule is Cc1ccc(F)cc1NCC1(O)CCC1. The van der Waals surface area contributed by atoms with E-state index in [0.29, 0.717) is 6.54 Å². The van der Waals surface area contributed by atoms with Gasteiger partial charge in [-0.3, -0.25) is 0 Å². The Morgan fingerprint density at radius 2 is 2.20 bits per heavy atom. The molecule has 0 atom stereocenters. The van der Waals surface area contributed by atoms with Gasteiger partial charge in [0, 0.05) is 12.2 Å². The average Bonchev–Trinajstić information content (AvgIpc) is 2.17. The van der Waals surface area contributed by atoms with Gasteiger partial charge in [0.25, 0.3) is 0 Å². The maximum atomic E-state index is 13.0. The van der Waals surface area contributed by atoms with E-state index in [1.807, 2.05) is 6.92 Å². The molecule has 1 saturated carbocycles. The second kappa shape index (κ2) is 3.81. The van der Waals surface area contributed by atoms with Gasteiger partial charge < -0.3 is 10.4 Å². The van der Waals surface area contributed by atoms with Crippen LogP contribution in [-0.4, -0.2) is 17.3 Å². The van der Waals surface area contributed by atoms with Crippen molar-refractivity contribution in [2.75, 3.05) is 11.9 Å². The first-order valence-corrected chi connectivity index (χ1v) is 5.31. The average molecular weight is 209 g/mol. The Kier molecular flexibility index (Phi) is 2.65. The Morgan fingerprint density at radius 1 is 1.47 bits per heavy atom. The molecule has 2 rings (SSSR count). The fraction of sp³-hybridized carbons (Fsp3) is 0.500. The first kappa shape index (κ1) is 10.4. The summed E-state index contributed by atoms with van der Waals surface area (Å²) in [5.41, 5.74) is 1.20. The number of hydrogen-bond acceptors (Lipinski definition) is 2. The highest BCUT2D eigenvalue weighted by Crippen LogP contribution is 2.31. The molecule has 0 aliphatic heterocycles. The highest BCUT2D eigenvalue weighted by atomic mass is 19.1. The summed E-state index contributed by atoms with van der Waals surface area (Å²) in [6, 6.07) is 4.65. The van der Waals surface area contributed by atoms with Crippen LogP contribution in [0, 0.1) is 12.7 Å². The summed E-state index contributed by atoms with van der Waals surface area (Å²) in [4.78, 5) is 0. The van der Waals surface area contributed by atoms with Gasteiger partial charge in [-0.05, 0) is 43.9 Å². The fourth-order valence-corrected chi connectivity index (χ4v) is 1.81. The molecule has 0 unspecified atom stereocenters. The molecule has 0 aromatic heterocycles. The molecule has 82 valence electrons. The molecule has 0 saturated heterocycles. The summed E-state index contributed by atoms with van der Waals surface area (Å²) in [5.74, 6) is -0.247. The van der Waals surface area contributed by atoms with E-state index in [-0.39, 0.29) is 5.82 Å². The number of aryl methyl sites for hydroxylation is 1. The van der Waals surface area contributed by atoms with Crippen molar-refractivity contribution in [2.45, 2.75) is 31.8 Å². The van der Waals surface area contributed by atoms with Gasteiger partial charge in [-0.1, -0.05) is 6.07 Å². The number of rotatable bonds is 3. The first-order chi connectivity index (χ1) is 7.09. The highest BCUT2D eigenvalue weighted by molar-refractivity contribution is 5.50. The molecule has 15 heavy (non-hydrogen) atoms. The molecule has 2 N–H and O–H groups in total. The standard InChI is InChI=1S/C12H16FNO/c1-9-3-4-10(13)7-11(9)14-8-12(15)5-2-6-12/h3-4,7,14-15H,2,5-6,8H2,1H3. The van der Waals surface area contributed by atoms with Gasteiger partial charge in [0.2, 0.25) is 0 Å². The van der Waals surface area contributed by atoms with E-state index in [0.717, 1.165) is 30.5 Å². The lowest BCUT2D eigenvalue weighted by molar-refractivity contribution is -0.0202. The number of aliphatic hydroxyl groups is 1. The zero-order valence-corrected chi connectivity index (χ0v) is 8.89. The number of nitrogens with one attached hydrogen (secondary N) is 1. The molecule has 0 bridgehead atoms. The van der Waals surface area contributed by atoms with Crippen LogP contribution in [0.3, 0.4) is 0 Å². The number of hydrogen-bond donors (Lipinski definition) is 2. The van der Waals surface area contributed by atoms with Crippen LogP contribution in [0.25, 0.3) is 0 Å². The molecule has 1 aliphatic rings. The van der Waals surface area contributed by atoms with E-state index in [2.05, 4.69) is 5.32 Å². The van der Waals surface area contributed by atoms with Crippen LogP contribution >= 0.6 is 0 Å². The third-order valence-corrected chi connectivity index (χ3v) is 3.09. The lowest BCUT2D eigenvalue weighted by Gasteiger charge is -2.37. The Morgan fingerprint density at radius 3 is 2.80 bits per heavy atom. The van der Waals surface area contributed by atoms with Gasteiger partial charge in [0.1, 0.15) is 5.82 Å². The summed E-state index contributed by atoms with van der Waals surface area (Å²) < 4.78 is 13.0. The second-order valence-electron chi connectivity index (χ2n) is 4.39. The second-order valence-corrected chi connectivity index (χ2v) is 4.39. The van der Waals surface area contributed by atoms with E-state index in [1.165, 1.54) is 12.1 Å². The van der Waals surface area contributed by atoms with E-state index in [1.54, 1.807) is 6.07 Å². The third kappa shape index (κ3) is 2.29. The first-order valence-electron chi connectivity index (χ1n) is 5.31. The zero-order valence-electron chi connectivity index (χ0n) is 8.89. The topological polar surface area (TPSA) is 32.3 Å². The molecule has 1 fully saturated rings. The van der Waals surface area contributed by atoms with Gasteiger partial charge in [0.15, 0.2) is 0 Å². The summed E-state index contributed by atoms with van der Waals surface area (Å²) in [5, 5.41) is 13.0. The van der Waals surface area contributed by atoms with Crippen molar-refractivity contribution >= 4 is 5.69 Å². The van der Waals surface area contributed by atoms with Crippen molar-refractivity contribution in [1.82, 2.24) is 0 Å². The predicted molar refractivity (Wildman–Crippen MR) is 58.4 cm³/mol. The van der Waals surface area contributed by atoms with Crippen LogP contribution in [0.15, 0.2) is 18.2 Å². The van der Waals surface area contributed by atoms with Crippen LogP contribution in [-0.2, 0) is 0 Å². The summed E-state index contributed by atoms with van der Waals surface area (Å²) in [6.07, 6.45) is 2.77. The maximum Gasteiger partial charge on any atom is 0.125 e. The van der Waals surface area contributed by atoms with Crippen LogP contribution in [0.2, 0.25) is 0 Å². The lowest BCUT2D eigenvalue weighted by Crippen LogP contribution is -2.43. The third-order valence-electron chi connectivity index (χ3n) is 3.09. The molecule has 0 heterocycles. The molecule has 0 amide bonds. The van der Waals surface area contributed by atoms with Gasteiger partial charge in [-0.25, -0.2) is 4.39 Å². The van der Waals surface area contributed by atoms with Gasteiger partial charge in [-0.15, -0.1) is 0 Å². The fourth-order valence-electron chi connectivity index (χ4n) is 1.81. The minimum Gasteiger partial charge on any atom is -0.388 e. The predicted octanol–water partition coefficient (Wildman–Crippen LogP) is 2.46. The Labute approximate surface area is 89.1 Å². The maximum absolute atomic E-state index is 13.0. The Hall–Kier alpha value is -1.09. The minimum absolute atomic E-state index is 0.247. The van der Waals surface area contributed by atoms with Crippen molar-refractivity contribution < 1.29 is 9.50 Å². The summed E-state index contributed by atoms with van der Waals surface area (Å²) >= 11 is 0. The van der Waals surface area contributed by atoms with Crippen molar-refractivity contribution in [3.05, 3.63) is 29.6 Å². The van der Waals surface area contributed by atoms with Crippen LogP contribution in [0.5, 0.6) is 0 Å². The Balaban J connectivity index is 2.01. The number of halogens is 1. The quantitative estimate of drug-likeness (QED) is 0.801. The molecular weight excluding hydrogens is 193 g/mol. The van der Waals surface area contributed by atoms with Crippen LogP contribution < -0.4 is 5.32 Å². The summed E-state index contributed by atoms with van der Waals surface area (Å²) in [6.45, 7) is 2.43.